The Kier molecular flexibility index (Phi) is 7.91. The molecule has 0 spiro atoms. The van der Waals surface area contributed by atoms with Crippen molar-refractivity contribution in [1.29, 1.82) is 0 Å². The molecule has 0 saturated carbocycles. The Morgan fingerprint density at radius 1 is 1.04 bits per heavy atom. The van der Waals surface area contributed by atoms with Gasteiger partial charge in [-0.1, -0.05) is 0 Å². The number of rotatable bonds is 10. The highest BCUT2D eigenvalue weighted by molar-refractivity contribution is 7.11. The first-order chi connectivity index (χ1) is 13.0. The van der Waals surface area contributed by atoms with E-state index >= 15 is 0 Å². The molecule has 0 radical (unpaired) electrons. The molecule has 1 heterocycles. The van der Waals surface area contributed by atoms with Crippen molar-refractivity contribution < 1.29 is 19.0 Å². The van der Waals surface area contributed by atoms with Crippen molar-refractivity contribution in [2.75, 3.05) is 26.4 Å². The Labute approximate surface area is 164 Å². The van der Waals surface area contributed by atoms with E-state index in [1.807, 2.05) is 34.6 Å². The van der Waals surface area contributed by atoms with Gasteiger partial charge in [0, 0.05) is 23.4 Å². The van der Waals surface area contributed by atoms with Crippen LogP contribution in [0.3, 0.4) is 0 Å². The van der Waals surface area contributed by atoms with E-state index in [4.69, 9.17) is 14.2 Å². The summed E-state index contributed by atoms with van der Waals surface area (Å²) in [5, 5.41) is 4.01. The van der Waals surface area contributed by atoms with Crippen LogP contribution in [-0.2, 0) is 6.42 Å². The zero-order valence-electron chi connectivity index (χ0n) is 16.7. The van der Waals surface area contributed by atoms with E-state index < -0.39 is 0 Å². The van der Waals surface area contributed by atoms with E-state index in [1.54, 1.807) is 23.5 Å². The smallest absolute Gasteiger partial charge is 0.251 e. The van der Waals surface area contributed by atoms with Gasteiger partial charge in [-0.05, 0) is 46.8 Å². The predicted molar refractivity (Wildman–Crippen MR) is 108 cm³/mol. The lowest BCUT2D eigenvalue weighted by Crippen LogP contribution is -2.25. The van der Waals surface area contributed by atoms with Crippen molar-refractivity contribution >= 4 is 17.2 Å². The molecular weight excluding hydrogens is 364 g/mol. The topological polar surface area (TPSA) is 69.7 Å². The first-order valence-electron chi connectivity index (χ1n) is 9.27. The number of carbonyl (C=O) groups is 1. The Balaban J connectivity index is 2.14. The number of thiazole rings is 1. The summed E-state index contributed by atoms with van der Waals surface area (Å²) in [4.78, 5) is 18.2. The molecule has 1 N–H and O–H groups in total. The van der Waals surface area contributed by atoms with E-state index in [1.165, 1.54) is 4.88 Å². The maximum atomic E-state index is 12.6. The SMILES string of the molecule is CCOc1cc(C(=O)NCCc2sc(C)nc2C)cc(OCC)c1OCC. The van der Waals surface area contributed by atoms with E-state index in [0.29, 0.717) is 49.2 Å². The van der Waals surface area contributed by atoms with Crippen molar-refractivity contribution in [3.63, 3.8) is 0 Å². The fraction of sp³-hybridized carbons (Fsp3) is 0.500. The van der Waals surface area contributed by atoms with Gasteiger partial charge in [0.1, 0.15) is 0 Å². The largest absolute Gasteiger partial charge is 0.490 e. The van der Waals surface area contributed by atoms with Crippen LogP contribution < -0.4 is 19.5 Å². The zero-order chi connectivity index (χ0) is 19.8. The van der Waals surface area contributed by atoms with Gasteiger partial charge in [0.2, 0.25) is 5.75 Å². The summed E-state index contributed by atoms with van der Waals surface area (Å²) < 4.78 is 17.0. The lowest BCUT2D eigenvalue weighted by Gasteiger charge is -2.17. The molecule has 1 aromatic heterocycles. The number of carbonyl (C=O) groups excluding carboxylic acids is 1. The van der Waals surface area contributed by atoms with Crippen LogP contribution in [0.25, 0.3) is 0 Å². The van der Waals surface area contributed by atoms with E-state index in [9.17, 15) is 4.79 Å². The van der Waals surface area contributed by atoms with Crippen LogP contribution in [0, 0.1) is 13.8 Å². The quantitative estimate of drug-likeness (QED) is 0.663. The monoisotopic (exact) mass is 392 g/mol. The number of aromatic nitrogens is 1. The van der Waals surface area contributed by atoms with Crippen LogP contribution >= 0.6 is 11.3 Å². The normalized spacial score (nSPS) is 10.6. The summed E-state index contributed by atoms with van der Waals surface area (Å²) in [6.07, 6.45) is 0.761. The predicted octanol–water partition coefficient (Wildman–Crippen LogP) is 3.93. The standard InChI is InChI=1S/C20H28N2O4S/c1-6-24-16-11-15(12-17(25-7-2)19(16)26-8-3)20(23)21-10-9-18-13(4)22-14(5)27-18/h11-12H,6-10H2,1-5H3,(H,21,23). The molecule has 2 rings (SSSR count). The number of benzene rings is 1. The minimum atomic E-state index is -0.168. The van der Waals surface area contributed by atoms with Gasteiger partial charge in [0.15, 0.2) is 11.5 Å². The maximum absolute atomic E-state index is 12.6. The van der Waals surface area contributed by atoms with Crippen LogP contribution in [0.1, 0.15) is 46.7 Å². The summed E-state index contributed by atoms with van der Waals surface area (Å²) in [7, 11) is 0. The second-order valence-corrected chi connectivity index (χ2v) is 7.14. The Morgan fingerprint density at radius 3 is 2.11 bits per heavy atom. The minimum absolute atomic E-state index is 0.168. The number of ether oxygens (including phenoxy) is 3. The molecule has 6 nitrogen and oxygen atoms in total. The van der Waals surface area contributed by atoms with Gasteiger partial charge in [0.25, 0.3) is 5.91 Å². The van der Waals surface area contributed by atoms with Gasteiger partial charge in [-0.3, -0.25) is 4.79 Å². The molecule has 148 valence electrons. The molecule has 1 aromatic carbocycles. The Hall–Kier alpha value is -2.28. The molecule has 0 bridgehead atoms. The summed E-state index contributed by atoms with van der Waals surface area (Å²) in [6, 6.07) is 3.41. The Bertz CT molecular complexity index is 746. The highest BCUT2D eigenvalue weighted by Crippen LogP contribution is 2.39. The van der Waals surface area contributed by atoms with Gasteiger partial charge < -0.3 is 19.5 Å². The van der Waals surface area contributed by atoms with Crippen LogP contribution in [0.5, 0.6) is 17.2 Å². The highest BCUT2D eigenvalue weighted by Gasteiger charge is 2.18. The lowest BCUT2D eigenvalue weighted by molar-refractivity contribution is 0.0953. The maximum Gasteiger partial charge on any atom is 0.251 e. The van der Waals surface area contributed by atoms with Crippen LogP contribution in [0.4, 0.5) is 0 Å². The molecule has 0 aliphatic carbocycles. The van der Waals surface area contributed by atoms with Crippen molar-refractivity contribution in [3.8, 4) is 17.2 Å². The van der Waals surface area contributed by atoms with Crippen molar-refractivity contribution in [2.24, 2.45) is 0 Å². The summed E-state index contributed by atoms with van der Waals surface area (Å²) in [6.45, 7) is 11.6. The van der Waals surface area contributed by atoms with Gasteiger partial charge in [-0.15, -0.1) is 11.3 Å². The molecule has 0 aliphatic rings. The molecule has 7 heteroatoms. The molecule has 0 unspecified atom stereocenters. The molecule has 0 saturated heterocycles. The van der Waals surface area contributed by atoms with Gasteiger partial charge >= 0.3 is 0 Å². The molecule has 0 atom stereocenters. The number of aryl methyl sites for hydroxylation is 2. The second-order valence-electron chi connectivity index (χ2n) is 5.85. The summed E-state index contributed by atoms with van der Waals surface area (Å²) >= 11 is 1.67. The molecular formula is C20H28N2O4S. The van der Waals surface area contributed by atoms with E-state index in [0.717, 1.165) is 17.1 Å². The average Bonchev–Trinajstić information content (AvgIpc) is 2.95. The summed E-state index contributed by atoms with van der Waals surface area (Å²) in [5.74, 6) is 1.40. The lowest BCUT2D eigenvalue weighted by atomic mass is 10.1. The van der Waals surface area contributed by atoms with Crippen LogP contribution in [0.2, 0.25) is 0 Å². The van der Waals surface area contributed by atoms with E-state index in [-0.39, 0.29) is 5.91 Å². The number of amides is 1. The second kappa shape index (κ2) is 10.2. The average molecular weight is 393 g/mol. The fourth-order valence-electron chi connectivity index (χ4n) is 2.72. The number of hydrogen-bond donors (Lipinski definition) is 1. The van der Waals surface area contributed by atoms with Crippen LogP contribution in [-0.4, -0.2) is 37.3 Å². The molecule has 27 heavy (non-hydrogen) atoms. The Morgan fingerprint density at radius 2 is 1.63 bits per heavy atom. The number of hydrogen-bond acceptors (Lipinski definition) is 6. The van der Waals surface area contributed by atoms with E-state index in [2.05, 4.69) is 10.3 Å². The fourth-order valence-corrected chi connectivity index (χ4v) is 3.65. The van der Waals surface area contributed by atoms with Crippen molar-refractivity contribution in [2.45, 2.75) is 41.0 Å². The van der Waals surface area contributed by atoms with Crippen LogP contribution in [0.15, 0.2) is 12.1 Å². The first-order valence-corrected chi connectivity index (χ1v) is 10.1. The van der Waals surface area contributed by atoms with Gasteiger partial charge in [-0.2, -0.15) is 0 Å². The molecule has 0 aliphatic heterocycles. The first kappa shape index (κ1) is 21.0. The third-order valence-electron chi connectivity index (χ3n) is 3.81. The highest BCUT2D eigenvalue weighted by atomic mass is 32.1. The summed E-state index contributed by atoms with van der Waals surface area (Å²) in [5.41, 5.74) is 1.52. The zero-order valence-corrected chi connectivity index (χ0v) is 17.5. The third kappa shape index (κ3) is 5.60. The van der Waals surface area contributed by atoms with Gasteiger partial charge in [-0.25, -0.2) is 4.98 Å². The third-order valence-corrected chi connectivity index (χ3v) is 4.94. The molecule has 2 aromatic rings. The molecule has 0 fully saturated rings. The van der Waals surface area contributed by atoms with Crippen molar-refractivity contribution in [3.05, 3.63) is 33.3 Å². The molecule has 1 amide bonds. The minimum Gasteiger partial charge on any atom is -0.490 e. The van der Waals surface area contributed by atoms with Gasteiger partial charge in [0.05, 0.1) is 30.5 Å². The van der Waals surface area contributed by atoms with Crippen molar-refractivity contribution in [1.82, 2.24) is 10.3 Å². The number of nitrogens with zero attached hydrogens (tertiary/aromatic N) is 1. The number of nitrogens with one attached hydrogen (secondary N) is 1.